The maximum atomic E-state index is 10.4. The fraction of sp³-hybridized carbons (Fsp3) is 0.692. The van der Waals surface area contributed by atoms with E-state index in [-0.39, 0.29) is 5.41 Å². The van der Waals surface area contributed by atoms with Crippen LogP contribution in [0.4, 0.5) is 0 Å². The highest BCUT2D eigenvalue weighted by molar-refractivity contribution is 5.04. The zero-order chi connectivity index (χ0) is 11.6. The molecule has 1 saturated carbocycles. The second-order valence-electron chi connectivity index (χ2n) is 5.42. The molecule has 0 radical (unpaired) electrons. The van der Waals surface area contributed by atoms with Crippen molar-refractivity contribution in [2.45, 2.75) is 45.6 Å². The van der Waals surface area contributed by atoms with E-state index in [9.17, 15) is 5.11 Å². The third-order valence-corrected chi connectivity index (χ3v) is 3.86. The number of nitrogens with zero attached hydrogens (tertiary/aromatic N) is 2. The Bertz CT molecular complexity index is 337. The van der Waals surface area contributed by atoms with Crippen molar-refractivity contribution in [1.29, 1.82) is 0 Å². The number of aliphatic hydroxyl groups is 1. The van der Waals surface area contributed by atoms with E-state index in [0.29, 0.717) is 11.6 Å². The van der Waals surface area contributed by atoms with Crippen LogP contribution in [0.2, 0.25) is 0 Å². The zero-order valence-electron chi connectivity index (χ0n) is 10.1. The Labute approximate surface area is 96.9 Å². The molecule has 1 fully saturated rings. The molecule has 1 aromatic heterocycles. The number of rotatable bonds is 2. The van der Waals surface area contributed by atoms with Crippen LogP contribution in [-0.4, -0.2) is 15.1 Å². The van der Waals surface area contributed by atoms with Crippen molar-refractivity contribution in [2.75, 3.05) is 0 Å². The van der Waals surface area contributed by atoms with Gasteiger partial charge >= 0.3 is 0 Å². The average molecular weight is 220 g/mol. The lowest BCUT2D eigenvalue weighted by atomic mass is 9.66. The Morgan fingerprint density at radius 1 is 1.38 bits per heavy atom. The van der Waals surface area contributed by atoms with Gasteiger partial charge in [0.25, 0.3) is 0 Å². The van der Waals surface area contributed by atoms with Crippen LogP contribution in [0.15, 0.2) is 18.6 Å². The SMILES string of the molecule is CC1(C)CCCCC1C(O)c1cnccn1. The minimum atomic E-state index is -0.469. The molecule has 2 atom stereocenters. The Morgan fingerprint density at radius 2 is 2.19 bits per heavy atom. The summed E-state index contributed by atoms with van der Waals surface area (Å²) in [7, 11) is 0. The molecule has 1 heterocycles. The van der Waals surface area contributed by atoms with E-state index < -0.39 is 6.10 Å². The predicted octanol–water partition coefficient (Wildman–Crippen LogP) is 2.73. The van der Waals surface area contributed by atoms with Crippen molar-refractivity contribution < 1.29 is 5.11 Å². The Morgan fingerprint density at radius 3 is 2.81 bits per heavy atom. The molecule has 0 saturated heterocycles. The van der Waals surface area contributed by atoms with Crippen LogP contribution in [0.5, 0.6) is 0 Å². The van der Waals surface area contributed by atoms with Crippen molar-refractivity contribution in [3.8, 4) is 0 Å². The van der Waals surface area contributed by atoms with E-state index in [4.69, 9.17) is 0 Å². The molecule has 2 unspecified atom stereocenters. The van der Waals surface area contributed by atoms with Gasteiger partial charge in [0.2, 0.25) is 0 Å². The van der Waals surface area contributed by atoms with E-state index in [2.05, 4.69) is 23.8 Å². The molecule has 0 aromatic carbocycles. The monoisotopic (exact) mass is 220 g/mol. The third kappa shape index (κ3) is 2.24. The van der Waals surface area contributed by atoms with Gasteiger partial charge in [0.15, 0.2) is 0 Å². The standard InChI is InChI=1S/C13H20N2O/c1-13(2)6-4-3-5-10(13)12(16)11-9-14-7-8-15-11/h7-10,12,16H,3-6H2,1-2H3. The van der Waals surface area contributed by atoms with Gasteiger partial charge in [-0.2, -0.15) is 0 Å². The van der Waals surface area contributed by atoms with E-state index in [0.717, 1.165) is 6.42 Å². The minimum absolute atomic E-state index is 0.204. The van der Waals surface area contributed by atoms with Crippen molar-refractivity contribution in [3.05, 3.63) is 24.3 Å². The van der Waals surface area contributed by atoms with Crippen LogP contribution in [0.1, 0.15) is 51.3 Å². The molecular weight excluding hydrogens is 200 g/mol. The third-order valence-electron chi connectivity index (χ3n) is 3.86. The van der Waals surface area contributed by atoms with Crippen molar-refractivity contribution >= 4 is 0 Å². The average Bonchev–Trinajstić information content (AvgIpc) is 2.29. The lowest BCUT2D eigenvalue weighted by molar-refractivity contribution is 0.00126. The number of aliphatic hydroxyl groups excluding tert-OH is 1. The van der Waals surface area contributed by atoms with Crippen molar-refractivity contribution in [2.24, 2.45) is 11.3 Å². The first kappa shape index (κ1) is 11.5. The number of aromatic nitrogens is 2. The van der Waals surface area contributed by atoms with Gasteiger partial charge in [-0.25, -0.2) is 0 Å². The van der Waals surface area contributed by atoms with Crippen LogP contribution >= 0.6 is 0 Å². The first-order chi connectivity index (χ1) is 7.61. The fourth-order valence-electron chi connectivity index (χ4n) is 2.78. The fourth-order valence-corrected chi connectivity index (χ4v) is 2.78. The second-order valence-corrected chi connectivity index (χ2v) is 5.42. The van der Waals surface area contributed by atoms with Gasteiger partial charge in [-0.1, -0.05) is 26.7 Å². The van der Waals surface area contributed by atoms with E-state index in [1.807, 2.05) is 0 Å². The van der Waals surface area contributed by atoms with Gasteiger partial charge in [0.1, 0.15) is 6.10 Å². The lowest BCUT2D eigenvalue weighted by Gasteiger charge is -2.41. The van der Waals surface area contributed by atoms with Crippen molar-refractivity contribution in [1.82, 2.24) is 9.97 Å². The molecular formula is C13H20N2O. The predicted molar refractivity (Wildman–Crippen MR) is 62.7 cm³/mol. The van der Waals surface area contributed by atoms with Crippen LogP contribution in [-0.2, 0) is 0 Å². The Kier molecular flexibility index (Phi) is 3.24. The maximum Gasteiger partial charge on any atom is 0.101 e. The maximum absolute atomic E-state index is 10.4. The summed E-state index contributed by atoms with van der Waals surface area (Å²) in [6.07, 6.45) is 9.26. The molecule has 0 aliphatic heterocycles. The summed E-state index contributed by atoms with van der Waals surface area (Å²) < 4.78 is 0. The molecule has 0 spiro atoms. The summed E-state index contributed by atoms with van der Waals surface area (Å²) >= 11 is 0. The topological polar surface area (TPSA) is 46.0 Å². The van der Waals surface area contributed by atoms with Gasteiger partial charge in [0.05, 0.1) is 11.9 Å². The molecule has 2 rings (SSSR count). The van der Waals surface area contributed by atoms with Gasteiger partial charge in [-0.05, 0) is 24.2 Å². The van der Waals surface area contributed by atoms with Crippen LogP contribution in [0, 0.1) is 11.3 Å². The summed E-state index contributed by atoms with van der Waals surface area (Å²) in [5.74, 6) is 0.304. The van der Waals surface area contributed by atoms with E-state index in [1.54, 1.807) is 18.6 Å². The normalized spacial score (nSPS) is 26.3. The first-order valence-electron chi connectivity index (χ1n) is 6.05. The van der Waals surface area contributed by atoms with Gasteiger partial charge < -0.3 is 5.11 Å². The van der Waals surface area contributed by atoms with Crippen LogP contribution in [0.25, 0.3) is 0 Å². The van der Waals surface area contributed by atoms with Gasteiger partial charge in [-0.15, -0.1) is 0 Å². The summed E-state index contributed by atoms with van der Waals surface area (Å²) in [5.41, 5.74) is 0.914. The Hall–Kier alpha value is -0.960. The molecule has 1 N–H and O–H groups in total. The van der Waals surface area contributed by atoms with Gasteiger partial charge in [0, 0.05) is 12.4 Å². The van der Waals surface area contributed by atoms with Crippen LogP contribution < -0.4 is 0 Å². The van der Waals surface area contributed by atoms with Crippen LogP contribution in [0.3, 0.4) is 0 Å². The second kappa shape index (κ2) is 4.50. The highest BCUT2D eigenvalue weighted by atomic mass is 16.3. The van der Waals surface area contributed by atoms with E-state index in [1.165, 1.54) is 19.3 Å². The zero-order valence-corrected chi connectivity index (χ0v) is 10.1. The van der Waals surface area contributed by atoms with Crippen molar-refractivity contribution in [3.63, 3.8) is 0 Å². The molecule has 0 amide bonds. The largest absolute Gasteiger partial charge is 0.386 e. The smallest absolute Gasteiger partial charge is 0.101 e. The molecule has 16 heavy (non-hydrogen) atoms. The summed E-state index contributed by atoms with van der Waals surface area (Å²) in [4.78, 5) is 8.23. The molecule has 1 aliphatic carbocycles. The first-order valence-corrected chi connectivity index (χ1v) is 6.05. The quantitative estimate of drug-likeness (QED) is 0.833. The summed E-state index contributed by atoms with van der Waals surface area (Å²) in [5, 5.41) is 10.4. The molecule has 1 aliphatic rings. The van der Waals surface area contributed by atoms with E-state index >= 15 is 0 Å². The Balaban J connectivity index is 2.17. The molecule has 88 valence electrons. The summed E-state index contributed by atoms with van der Waals surface area (Å²) in [6, 6.07) is 0. The summed E-state index contributed by atoms with van der Waals surface area (Å²) in [6.45, 7) is 4.49. The lowest BCUT2D eigenvalue weighted by Crippen LogP contribution is -2.33. The number of hydrogen-bond donors (Lipinski definition) is 1. The molecule has 3 nitrogen and oxygen atoms in total. The molecule has 0 bridgehead atoms. The minimum Gasteiger partial charge on any atom is -0.386 e. The number of hydrogen-bond acceptors (Lipinski definition) is 3. The molecule has 1 aromatic rings. The highest BCUT2D eigenvalue weighted by Gasteiger charge is 2.37. The highest BCUT2D eigenvalue weighted by Crippen LogP contribution is 2.46. The van der Waals surface area contributed by atoms with Gasteiger partial charge in [-0.3, -0.25) is 9.97 Å². The molecule has 3 heteroatoms.